The summed E-state index contributed by atoms with van der Waals surface area (Å²) in [6.07, 6.45) is 4.35. The fourth-order valence-electron chi connectivity index (χ4n) is 3.33. The maximum absolute atomic E-state index is 11.5. The summed E-state index contributed by atoms with van der Waals surface area (Å²) in [6, 6.07) is 12.9. The highest BCUT2D eigenvalue weighted by atomic mass is 32.2. The summed E-state index contributed by atoms with van der Waals surface area (Å²) in [6.45, 7) is 0.207. The first-order chi connectivity index (χ1) is 15.9. The molecule has 0 fully saturated rings. The molecule has 4 rings (SSSR count). The van der Waals surface area contributed by atoms with Gasteiger partial charge >= 0.3 is 0 Å². The number of methoxy groups -OCH3 is 2. The van der Waals surface area contributed by atoms with E-state index in [2.05, 4.69) is 15.2 Å². The SMILES string of the molecule is COc1cc(OC)cc(N(CCOS(C)(=O)=O)c2ccc3ncc(-c4ccn[nH]4)nc3c2)c1. The number of benzene rings is 2. The third-order valence-electron chi connectivity index (χ3n) is 4.87. The molecule has 0 spiro atoms. The molecule has 1 N–H and O–H groups in total. The molecular formula is C22H23N5O5S. The average molecular weight is 470 g/mol. The summed E-state index contributed by atoms with van der Waals surface area (Å²) in [7, 11) is -0.448. The molecule has 0 aliphatic heterocycles. The third-order valence-corrected chi connectivity index (χ3v) is 5.47. The standard InChI is InChI=1S/C22H23N5O5S/c1-30-17-10-16(11-18(13-17)31-2)27(8-9-32-33(3,28)29)15-4-5-19-21(12-15)25-22(14-23-19)20-6-7-24-26-20/h4-7,10-14H,8-9H2,1-3H3,(H,24,26). The minimum atomic E-state index is -3.58. The normalized spacial score (nSPS) is 11.5. The number of hydrogen-bond donors (Lipinski definition) is 1. The van der Waals surface area contributed by atoms with Crippen LogP contribution in [0.5, 0.6) is 11.5 Å². The van der Waals surface area contributed by atoms with Crippen molar-refractivity contribution in [2.75, 3.05) is 38.5 Å². The fraction of sp³-hybridized carbons (Fsp3) is 0.227. The molecule has 0 saturated heterocycles. The van der Waals surface area contributed by atoms with Crippen molar-refractivity contribution in [3.8, 4) is 22.9 Å². The molecule has 33 heavy (non-hydrogen) atoms. The van der Waals surface area contributed by atoms with Crippen molar-refractivity contribution in [2.45, 2.75) is 0 Å². The van der Waals surface area contributed by atoms with Crippen molar-refractivity contribution < 1.29 is 22.1 Å². The van der Waals surface area contributed by atoms with Crippen LogP contribution >= 0.6 is 0 Å². The van der Waals surface area contributed by atoms with Crippen LogP contribution in [0.1, 0.15) is 0 Å². The van der Waals surface area contributed by atoms with Crippen molar-refractivity contribution in [1.82, 2.24) is 20.2 Å². The van der Waals surface area contributed by atoms with E-state index in [9.17, 15) is 8.42 Å². The van der Waals surface area contributed by atoms with E-state index in [0.29, 0.717) is 22.7 Å². The lowest BCUT2D eigenvalue weighted by Gasteiger charge is -2.26. The summed E-state index contributed by atoms with van der Waals surface area (Å²) in [5.74, 6) is 1.20. The first-order valence-electron chi connectivity index (χ1n) is 9.98. The Kier molecular flexibility index (Phi) is 6.43. The minimum Gasteiger partial charge on any atom is -0.497 e. The highest BCUT2D eigenvalue weighted by molar-refractivity contribution is 7.85. The Labute approximate surface area is 191 Å². The van der Waals surface area contributed by atoms with Gasteiger partial charge in [-0.15, -0.1) is 0 Å². The number of rotatable bonds is 9. The quantitative estimate of drug-likeness (QED) is 0.369. The Morgan fingerprint density at radius 3 is 2.36 bits per heavy atom. The molecule has 0 amide bonds. The van der Waals surface area contributed by atoms with Crippen molar-refractivity contribution in [1.29, 1.82) is 0 Å². The summed E-state index contributed by atoms with van der Waals surface area (Å²) in [4.78, 5) is 11.1. The Hall–Kier alpha value is -3.70. The second-order valence-electron chi connectivity index (χ2n) is 7.15. The van der Waals surface area contributed by atoms with Crippen LogP contribution in [0.2, 0.25) is 0 Å². The first kappa shape index (κ1) is 22.5. The first-order valence-corrected chi connectivity index (χ1v) is 11.8. The monoisotopic (exact) mass is 469 g/mol. The van der Waals surface area contributed by atoms with Crippen LogP contribution < -0.4 is 14.4 Å². The van der Waals surface area contributed by atoms with E-state index in [-0.39, 0.29) is 13.2 Å². The summed E-state index contributed by atoms with van der Waals surface area (Å²) < 4.78 is 38.8. The fourth-order valence-corrected chi connectivity index (χ4v) is 3.71. The lowest BCUT2D eigenvalue weighted by Crippen LogP contribution is -2.23. The van der Waals surface area contributed by atoms with Crippen molar-refractivity contribution >= 4 is 32.5 Å². The second-order valence-corrected chi connectivity index (χ2v) is 8.79. The molecule has 2 aromatic carbocycles. The summed E-state index contributed by atoms with van der Waals surface area (Å²) >= 11 is 0. The Morgan fingerprint density at radius 1 is 0.970 bits per heavy atom. The lowest BCUT2D eigenvalue weighted by molar-refractivity contribution is 0.330. The number of H-pyrrole nitrogens is 1. The van der Waals surface area contributed by atoms with Gasteiger partial charge in [0.15, 0.2) is 0 Å². The van der Waals surface area contributed by atoms with Gasteiger partial charge in [-0.2, -0.15) is 13.5 Å². The summed E-state index contributed by atoms with van der Waals surface area (Å²) in [5, 5.41) is 6.85. The molecular weight excluding hydrogens is 446 g/mol. The Balaban J connectivity index is 1.77. The van der Waals surface area contributed by atoms with Crippen LogP contribution in [0.15, 0.2) is 54.9 Å². The van der Waals surface area contributed by atoms with E-state index >= 15 is 0 Å². The van der Waals surface area contributed by atoms with Gasteiger partial charge in [0.05, 0.1) is 50.0 Å². The molecule has 0 bridgehead atoms. The largest absolute Gasteiger partial charge is 0.497 e. The van der Waals surface area contributed by atoms with Crippen LogP contribution in [0.25, 0.3) is 22.4 Å². The molecule has 0 saturated carbocycles. The van der Waals surface area contributed by atoms with Gasteiger partial charge in [-0.3, -0.25) is 14.3 Å². The molecule has 10 nitrogen and oxygen atoms in total. The molecule has 2 aromatic heterocycles. The molecule has 2 heterocycles. The predicted octanol–water partition coefficient (Wildman–Crippen LogP) is 3.15. The molecule has 172 valence electrons. The van der Waals surface area contributed by atoms with Gasteiger partial charge < -0.3 is 14.4 Å². The predicted molar refractivity (Wildman–Crippen MR) is 124 cm³/mol. The smallest absolute Gasteiger partial charge is 0.264 e. The van der Waals surface area contributed by atoms with E-state index in [1.165, 1.54) is 0 Å². The van der Waals surface area contributed by atoms with Gasteiger partial charge in [0.2, 0.25) is 0 Å². The van der Waals surface area contributed by atoms with Gasteiger partial charge in [0.1, 0.15) is 17.2 Å². The zero-order valence-electron chi connectivity index (χ0n) is 18.3. The maximum atomic E-state index is 11.5. The van der Waals surface area contributed by atoms with Crippen LogP contribution in [-0.2, 0) is 14.3 Å². The molecule has 0 unspecified atom stereocenters. The molecule has 0 aliphatic carbocycles. The van der Waals surface area contributed by atoms with Gasteiger partial charge in [-0.1, -0.05) is 0 Å². The van der Waals surface area contributed by atoms with Crippen LogP contribution in [0.4, 0.5) is 11.4 Å². The van der Waals surface area contributed by atoms with E-state index in [4.69, 9.17) is 18.6 Å². The zero-order chi connectivity index (χ0) is 23.4. The van der Waals surface area contributed by atoms with E-state index < -0.39 is 10.1 Å². The number of ether oxygens (including phenoxy) is 2. The number of anilines is 2. The number of aromatic amines is 1. The van der Waals surface area contributed by atoms with Crippen LogP contribution in [-0.4, -0.2) is 62.2 Å². The zero-order valence-corrected chi connectivity index (χ0v) is 19.2. The van der Waals surface area contributed by atoms with Gasteiger partial charge in [0, 0.05) is 42.3 Å². The lowest BCUT2D eigenvalue weighted by atomic mass is 10.2. The molecule has 0 aliphatic rings. The van der Waals surface area contributed by atoms with Crippen molar-refractivity contribution in [3.63, 3.8) is 0 Å². The third kappa shape index (κ3) is 5.38. The van der Waals surface area contributed by atoms with Gasteiger partial charge in [-0.05, 0) is 24.3 Å². The van der Waals surface area contributed by atoms with Crippen LogP contribution in [0, 0.1) is 0 Å². The summed E-state index contributed by atoms with van der Waals surface area (Å²) in [5.41, 5.74) is 4.31. The number of aromatic nitrogens is 4. The topological polar surface area (TPSA) is 120 Å². The highest BCUT2D eigenvalue weighted by Crippen LogP contribution is 2.34. The number of nitrogens with zero attached hydrogens (tertiary/aromatic N) is 4. The molecule has 11 heteroatoms. The minimum absolute atomic E-state index is 0.0454. The number of nitrogens with one attached hydrogen (secondary N) is 1. The molecule has 4 aromatic rings. The maximum Gasteiger partial charge on any atom is 0.264 e. The average Bonchev–Trinajstić information content (AvgIpc) is 3.35. The van der Waals surface area contributed by atoms with E-state index in [1.54, 1.807) is 32.7 Å². The molecule has 0 radical (unpaired) electrons. The number of hydrogen-bond acceptors (Lipinski definition) is 9. The van der Waals surface area contributed by atoms with Gasteiger partial charge in [0.25, 0.3) is 10.1 Å². The van der Waals surface area contributed by atoms with Crippen molar-refractivity contribution in [3.05, 3.63) is 54.9 Å². The van der Waals surface area contributed by atoms with Crippen LogP contribution in [0.3, 0.4) is 0 Å². The van der Waals surface area contributed by atoms with E-state index in [0.717, 1.165) is 28.8 Å². The second kappa shape index (κ2) is 9.43. The van der Waals surface area contributed by atoms with Gasteiger partial charge in [-0.25, -0.2) is 4.98 Å². The molecule has 0 atom stereocenters. The number of fused-ring (bicyclic) bond motifs is 1. The Bertz CT molecular complexity index is 1340. The highest BCUT2D eigenvalue weighted by Gasteiger charge is 2.15. The Morgan fingerprint density at radius 2 is 1.73 bits per heavy atom. The van der Waals surface area contributed by atoms with Crippen molar-refractivity contribution in [2.24, 2.45) is 0 Å². The van der Waals surface area contributed by atoms with E-state index in [1.807, 2.05) is 41.3 Å².